The SMILES string of the molecule is CC(C)=CC(=O)O.CCCC. The highest BCUT2D eigenvalue weighted by molar-refractivity contribution is 5.80. The molecule has 0 fully saturated rings. The van der Waals surface area contributed by atoms with Gasteiger partial charge in [0.15, 0.2) is 0 Å². The van der Waals surface area contributed by atoms with Crippen LogP contribution < -0.4 is 0 Å². The molecule has 0 aliphatic rings. The van der Waals surface area contributed by atoms with Crippen LogP contribution in [-0.2, 0) is 4.79 Å². The van der Waals surface area contributed by atoms with Gasteiger partial charge in [-0.1, -0.05) is 32.3 Å². The average molecular weight is 158 g/mol. The maximum atomic E-state index is 9.73. The summed E-state index contributed by atoms with van der Waals surface area (Å²) in [6, 6.07) is 0. The Balaban J connectivity index is 0. The third-order valence-electron chi connectivity index (χ3n) is 0.912. The Morgan fingerprint density at radius 1 is 1.27 bits per heavy atom. The Morgan fingerprint density at radius 3 is 1.64 bits per heavy atom. The molecule has 0 heterocycles. The maximum absolute atomic E-state index is 9.73. The van der Waals surface area contributed by atoms with Gasteiger partial charge in [0.1, 0.15) is 0 Å². The summed E-state index contributed by atoms with van der Waals surface area (Å²) in [5, 5.41) is 8.01. The van der Waals surface area contributed by atoms with Crippen LogP contribution in [0.15, 0.2) is 11.6 Å². The molecule has 0 aromatic rings. The molecule has 0 rings (SSSR count). The van der Waals surface area contributed by atoms with Crippen molar-refractivity contribution in [1.29, 1.82) is 0 Å². The zero-order valence-corrected chi connectivity index (χ0v) is 7.85. The Kier molecular flexibility index (Phi) is 10.8. The predicted octanol–water partition coefficient (Wildman–Crippen LogP) is 2.84. The van der Waals surface area contributed by atoms with Gasteiger partial charge in [0.05, 0.1) is 0 Å². The second kappa shape index (κ2) is 9.21. The van der Waals surface area contributed by atoms with E-state index < -0.39 is 5.97 Å². The first kappa shape index (κ1) is 12.8. The first-order valence-electron chi connectivity index (χ1n) is 3.92. The molecular weight excluding hydrogens is 140 g/mol. The van der Waals surface area contributed by atoms with Gasteiger partial charge in [0, 0.05) is 6.08 Å². The molecule has 0 aliphatic carbocycles. The van der Waals surface area contributed by atoms with Gasteiger partial charge in [-0.3, -0.25) is 0 Å². The maximum Gasteiger partial charge on any atom is 0.328 e. The van der Waals surface area contributed by atoms with Crippen molar-refractivity contribution in [3.8, 4) is 0 Å². The highest BCUT2D eigenvalue weighted by Gasteiger charge is 1.83. The first-order valence-corrected chi connectivity index (χ1v) is 3.92. The van der Waals surface area contributed by atoms with Gasteiger partial charge < -0.3 is 5.11 Å². The van der Waals surface area contributed by atoms with Crippen molar-refractivity contribution in [2.24, 2.45) is 0 Å². The molecule has 0 saturated carbocycles. The van der Waals surface area contributed by atoms with Gasteiger partial charge in [-0.2, -0.15) is 0 Å². The van der Waals surface area contributed by atoms with Gasteiger partial charge in [-0.05, 0) is 13.8 Å². The molecule has 0 radical (unpaired) electrons. The molecule has 0 spiro atoms. The fourth-order valence-electron chi connectivity index (χ4n) is 0.247. The van der Waals surface area contributed by atoms with Crippen LogP contribution >= 0.6 is 0 Å². The lowest BCUT2D eigenvalue weighted by Gasteiger charge is -1.79. The zero-order chi connectivity index (χ0) is 9.28. The van der Waals surface area contributed by atoms with Crippen molar-refractivity contribution in [2.75, 3.05) is 0 Å². The van der Waals surface area contributed by atoms with E-state index in [9.17, 15) is 4.79 Å². The van der Waals surface area contributed by atoms with E-state index in [1.54, 1.807) is 13.8 Å². The van der Waals surface area contributed by atoms with E-state index in [1.165, 1.54) is 18.9 Å². The van der Waals surface area contributed by atoms with Gasteiger partial charge in [-0.15, -0.1) is 0 Å². The standard InChI is InChI=1S/C5H8O2.C4H10/c1-4(2)3-5(6)7;1-3-4-2/h3H,1-2H3,(H,6,7);3-4H2,1-2H3. The van der Waals surface area contributed by atoms with Crippen LogP contribution in [0.2, 0.25) is 0 Å². The highest BCUT2D eigenvalue weighted by Crippen LogP contribution is 1.85. The number of rotatable bonds is 2. The van der Waals surface area contributed by atoms with Crippen LogP contribution in [0.4, 0.5) is 0 Å². The predicted molar refractivity (Wildman–Crippen MR) is 47.6 cm³/mol. The van der Waals surface area contributed by atoms with Crippen molar-refractivity contribution < 1.29 is 9.90 Å². The minimum Gasteiger partial charge on any atom is -0.478 e. The largest absolute Gasteiger partial charge is 0.478 e. The molecule has 0 atom stereocenters. The first-order chi connectivity index (χ1) is 5.04. The van der Waals surface area contributed by atoms with Gasteiger partial charge in [-0.25, -0.2) is 4.79 Å². The average Bonchev–Trinajstić information content (AvgIpc) is 1.85. The number of hydrogen-bond acceptors (Lipinski definition) is 1. The number of carboxylic acids is 1. The van der Waals surface area contributed by atoms with Crippen molar-refractivity contribution in [3.05, 3.63) is 11.6 Å². The van der Waals surface area contributed by atoms with E-state index in [2.05, 4.69) is 13.8 Å². The molecule has 2 nitrogen and oxygen atoms in total. The Labute approximate surface area is 68.9 Å². The minimum absolute atomic E-state index is 0.813. The van der Waals surface area contributed by atoms with Crippen LogP contribution in [0.5, 0.6) is 0 Å². The Hall–Kier alpha value is -0.790. The fraction of sp³-hybridized carbons (Fsp3) is 0.667. The number of carboxylic acid groups (broad SMARTS) is 1. The summed E-state index contributed by atoms with van der Waals surface area (Å²) in [5.41, 5.74) is 0.813. The van der Waals surface area contributed by atoms with E-state index in [4.69, 9.17) is 5.11 Å². The lowest BCUT2D eigenvalue weighted by Crippen LogP contribution is -1.86. The Morgan fingerprint density at radius 2 is 1.64 bits per heavy atom. The van der Waals surface area contributed by atoms with Gasteiger partial charge in [0.25, 0.3) is 0 Å². The van der Waals surface area contributed by atoms with Gasteiger partial charge in [0.2, 0.25) is 0 Å². The number of carbonyl (C=O) groups is 1. The molecule has 2 heteroatoms. The zero-order valence-electron chi connectivity index (χ0n) is 7.85. The lowest BCUT2D eigenvalue weighted by atomic mass is 10.3. The minimum atomic E-state index is -0.875. The van der Waals surface area contributed by atoms with Crippen LogP contribution in [0.25, 0.3) is 0 Å². The van der Waals surface area contributed by atoms with Gasteiger partial charge >= 0.3 is 5.97 Å². The van der Waals surface area contributed by atoms with Crippen LogP contribution in [0.1, 0.15) is 40.5 Å². The number of aliphatic carboxylic acids is 1. The molecule has 0 aromatic carbocycles. The molecular formula is C9H18O2. The van der Waals surface area contributed by atoms with E-state index in [1.807, 2.05) is 0 Å². The highest BCUT2D eigenvalue weighted by atomic mass is 16.4. The van der Waals surface area contributed by atoms with Crippen molar-refractivity contribution in [3.63, 3.8) is 0 Å². The topological polar surface area (TPSA) is 37.3 Å². The summed E-state index contributed by atoms with van der Waals surface area (Å²) in [4.78, 5) is 9.73. The summed E-state index contributed by atoms with van der Waals surface area (Å²) < 4.78 is 0. The molecule has 0 unspecified atom stereocenters. The fourth-order valence-corrected chi connectivity index (χ4v) is 0.247. The molecule has 0 amide bonds. The quantitative estimate of drug-likeness (QED) is 0.627. The van der Waals surface area contributed by atoms with Crippen LogP contribution in [0.3, 0.4) is 0 Å². The number of unbranched alkanes of at least 4 members (excludes halogenated alkanes) is 1. The molecule has 0 bridgehead atoms. The van der Waals surface area contributed by atoms with Crippen molar-refractivity contribution in [2.45, 2.75) is 40.5 Å². The van der Waals surface area contributed by atoms with E-state index in [-0.39, 0.29) is 0 Å². The third kappa shape index (κ3) is 27.0. The second-order valence-electron chi connectivity index (χ2n) is 2.56. The van der Waals surface area contributed by atoms with Crippen LogP contribution in [-0.4, -0.2) is 11.1 Å². The molecule has 0 saturated heterocycles. The summed E-state index contributed by atoms with van der Waals surface area (Å²) in [6.45, 7) is 7.85. The van der Waals surface area contributed by atoms with Crippen LogP contribution in [0, 0.1) is 0 Å². The number of hydrogen-bond donors (Lipinski definition) is 1. The summed E-state index contributed by atoms with van der Waals surface area (Å²) in [6.07, 6.45) is 3.81. The molecule has 1 N–H and O–H groups in total. The number of allylic oxidation sites excluding steroid dienone is 1. The smallest absolute Gasteiger partial charge is 0.328 e. The third-order valence-corrected chi connectivity index (χ3v) is 0.912. The molecule has 66 valence electrons. The second-order valence-corrected chi connectivity index (χ2v) is 2.56. The van der Waals surface area contributed by atoms with E-state index in [0.717, 1.165) is 5.57 Å². The van der Waals surface area contributed by atoms with Crippen molar-refractivity contribution >= 4 is 5.97 Å². The lowest BCUT2D eigenvalue weighted by molar-refractivity contribution is -0.131. The Bertz CT molecular complexity index is 120. The molecule has 0 aromatic heterocycles. The summed E-state index contributed by atoms with van der Waals surface area (Å²) in [7, 11) is 0. The normalized spacial score (nSPS) is 7.64. The summed E-state index contributed by atoms with van der Waals surface area (Å²) in [5.74, 6) is -0.875. The molecule has 11 heavy (non-hydrogen) atoms. The monoisotopic (exact) mass is 158 g/mol. The van der Waals surface area contributed by atoms with E-state index >= 15 is 0 Å². The van der Waals surface area contributed by atoms with Crippen molar-refractivity contribution in [1.82, 2.24) is 0 Å². The molecule has 0 aliphatic heterocycles. The van der Waals surface area contributed by atoms with E-state index in [0.29, 0.717) is 0 Å². The summed E-state index contributed by atoms with van der Waals surface area (Å²) >= 11 is 0.